The molecule has 1 saturated heterocycles. The maximum Gasteiger partial charge on any atom is 0.410 e. The van der Waals surface area contributed by atoms with E-state index in [2.05, 4.69) is 56.7 Å². The Hall–Kier alpha value is -4.50. The van der Waals surface area contributed by atoms with Crippen LogP contribution in [0.15, 0.2) is 73.1 Å². The molecule has 0 bridgehead atoms. The fraction of sp³-hybridized carbons (Fsp3) is 0.389. The number of hydrogen-bond acceptors (Lipinski definition) is 7. The largest absolute Gasteiger partial charge is 0.443 e. The molecule has 9 nitrogen and oxygen atoms in total. The van der Waals surface area contributed by atoms with E-state index < -0.39 is 5.60 Å². The Morgan fingerprint density at radius 2 is 1.78 bits per heavy atom. The van der Waals surface area contributed by atoms with Crippen LogP contribution >= 0.6 is 0 Å². The van der Waals surface area contributed by atoms with Crippen molar-refractivity contribution in [2.24, 2.45) is 0 Å². The summed E-state index contributed by atoms with van der Waals surface area (Å²) in [5.41, 5.74) is 11.6. The van der Waals surface area contributed by atoms with Gasteiger partial charge in [0.25, 0.3) is 0 Å². The summed E-state index contributed by atoms with van der Waals surface area (Å²) in [6.07, 6.45) is 7.32. The number of nitrogens with two attached hydrogens (primary N) is 1. The van der Waals surface area contributed by atoms with Gasteiger partial charge in [0.1, 0.15) is 28.5 Å². The molecule has 1 saturated carbocycles. The normalized spacial score (nSPS) is 19.4. The highest BCUT2D eigenvalue weighted by Gasteiger charge is 2.38. The average molecular weight is 604 g/mol. The highest BCUT2D eigenvalue weighted by molar-refractivity contribution is 5.91. The lowest BCUT2D eigenvalue weighted by molar-refractivity contribution is 0.0115. The molecule has 4 heterocycles. The molecule has 2 aromatic carbocycles. The maximum absolute atomic E-state index is 12.8. The van der Waals surface area contributed by atoms with Gasteiger partial charge in [0.05, 0.1) is 11.2 Å². The van der Waals surface area contributed by atoms with Gasteiger partial charge in [-0.15, -0.1) is 0 Å². The Kier molecular flexibility index (Phi) is 7.65. The molecule has 3 aromatic heterocycles. The van der Waals surface area contributed by atoms with E-state index in [0.29, 0.717) is 24.3 Å². The first-order chi connectivity index (χ1) is 21.8. The minimum Gasteiger partial charge on any atom is -0.443 e. The van der Waals surface area contributed by atoms with E-state index >= 15 is 0 Å². The third kappa shape index (κ3) is 5.73. The van der Waals surface area contributed by atoms with Gasteiger partial charge in [-0.2, -0.15) is 0 Å². The molecule has 9 heteroatoms. The Morgan fingerprint density at radius 1 is 0.978 bits per heavy atom. The van der Waals surface area contributed by atoms with E-state index in [1.165, 1.54) is 0 Å². The van der Waals surface area contributed by atoms with E-state index in [-0.39, 0.29) is 6.09 Å². The fourth-order valence-electron chi connectivity index (χ4n) is 6.57. The molecule has 5 aromatic rings. The standard InChI is InChI=1S/C36H41N7O2/c1-4-36(2,3)45-35(44)42-17-8-16-41(19-20-42)28-21-27(22-28)34-40-31(32-33(37)38-15-18-43(32)34)26-12-11-25-13-14-29(39-30(25)23-26)24-9-6-5-7-10-24/h5-7,9-15,18,23,27-28H,4,8,16-17,19-22H2,1-3H3,(H2,37,38). The summed E-state index contributed by atoms with van der Waals surface area (Å²) >= 11 is 0. The second-order valence-corrected chi connectivity index (χ2v) is 13.0. The van der Waals surface area contributed by atoms with Crippen LogP contribution in [-0.2, 0) is 4.74 Å². The number of amides is 1. The number of nitrogens with zero attached hydrogens (tertiary/aromatic N) is 6. The number of hydrogen-bond donors (Lipinski definition) is 1. The van der Waals surface area contributed by atoms with Crippen LogP contribution < -0.4 is 5.73 Å². The van der Waals surface area contributed by atoms with Gasteiger partial charge in [-0.25, -0.2) is 19.7 Å². The monoisotopic (exact) mass is 603 g/mol. The molecule has 0 atom stereocenters. The lowest BCUT2D eigenvalue weighted by Crippen LogP contribution is -2.46. The molecule has 1 aliphatic carbocycles. The van der Waals surface area contributed by atoms with Gasteiger partial charge in [-0.3, -0.25) is 9.30 Å². The average Bonchev–Trinajstić information content (AvgIpc) is 3.24. The number of pyridine rings is 1. The number of ether oxygens (including phenoxy) is 1. The van der Waals surface area contributed by atoms with Gasteiger partial charge < -0.3 is 15.4 Å². The van der Waals surface area contributed by atoms with Gasteiger partial charge in [-0.05, 0) is 51.7 Å². The summed E-state index contributed by atoms with van der Waals surface area (Å²) in [5.74, 6) is 1.81. The number of fused-ring (bicyclic) bond motifs is 2. The van der Waals surface area contributed by atoms with Crippen LogP contribution in [0.2, 0.25) is 0 Å². The molecule has 2 aliphatic rings. The Balaban J connectivity index is 1.10. The van der Waals surface area contributed by atoms with Gasteiger partial charge in [0.2, 0.25) is 0 Å². The minimum atomic E-state index is -0.441. The highest BCUT2D eigenvalue weighted by Crippen LogP contribution is 2.42. The van der Waals surface area contributed by atoms with Crippen LogP contribution in [0.5, 0.6) is 0 Å². The fourth-order valence-corrected chi connectivity index (χ4v) is 6.57. The lowest BCUT2D eigenvalue weighted by atomic mass is 9.78. The van der Waals surface area contributed by atoms with Crippen LogP contribution in [0, 0.1) is 0 Å². The van der Waals surface area contributed by atoms with Crippen molar-refractivity contribution < 1.29 is 9.53 Å². The van der Waals surface area contributed by atoms with Crippen molar-refractivity contribution in [1.29, 1.82) is 0 Å². The van der Waals surface area contributed by atoms with Crippen molar-refractivity contribution in [3.8, 4) is 22.5 Å². The van der Waals surface area contributed by atoms with Crippen LogP contribution in [0.4, 0.5) is 10.6 Å². The molecular formula is C36H41N7O2. The van der Waals surface area contributed by atoms with Crippen molar-refractivity contribution in [3.63, 3.8) is 0 Å². The molecule has 0 spiro atoms. The number of anilines is 1. The molecule has 1 amide bonds. The van der Waals surface area contributed by atoms with Crippen LogP contribution in [0.3, 0.4) is 0 Å². The summed E-state index contributed by atoms with van der Waals surface area (Å²) in [5, 5.41) is 1.08. The zero-order valence-corrected chi connectivity index (χ0v) is 26.3. The highest BCUT2D eigenvalue weighted by atomic mass is 16.6. The number of benzene rings is 2. The predicted molar refractivity (Wildman–Crippen MR) is 178 cm³/mol. The molecule has 0 unspecified atom stereocenters. The van der Waals surface area contributed by atoms with Crippen molar-refractivity contribution in [3.05, 3.63) is 78.9 Å². The molecule has 45 heavy (non-hydrogen) atoms. The second-order valence-electron chi connectivity index (χ2n) is 13.0. The van der Waals surface area contributed by atoms with Crippen molar-refractivity contribution >= 4 is 28.3 Å². The topological polar surface area (TPSA) is 102 Å². The number of aromatic nitrogens is 4. The summed E-state index contributed by atoms with van der Waals surface area (Å²) in [4.78, 5) is 31.9. The van der Waals surface area contributed by atoms with Crippen LogP contribution in [-0.4, -0.2) is 73.1 Å². The number of carbonyl (C=O) groups excluding carboxylic acids is 1. The summed E-state index contributed by atoms with van der Waals surface area (Å²) in [6, 6.07) is 21.2. The summed E-state index contributed by atoms with van der Waals surface area (Å²) in [7, 11) is 0. The lowest BCUT2D eigenvalue weighted by Gasteiger charge is -2.42. The maximum atomic E-state index is 12.8. The summed E-state index contributed by atoms with van der Waals surface area (Å²) in [6.45, 7) is 9.26. The first kappa shape index (κ1) is 29.2. The van der Waals surface area contributed by atoms with Crippen LogP contribution in [0.1, 0.15) is 58.2 Å². The van der Waals surface area contributed by atoms with E-state index in [1.807, 2.05) is 50.1 Å². The van der Waals surface area contributed by atoms with Gasteiger partial charge in [0, 0.05) is 67.0 Å². The quantitative estimate of drug-likeness (QED) is 0.228. The second kappa shape index (κ2) is 11.8. The summed E-state index contributed by atoms with van der Waals surface area (Å²) < 4.78 is 7.90. The third-order valence-corrected chi connectivity index (χ3v) is 9.64. The molecule has 232 valence electrons. The van der Waals surface area contributed by atoms with Crippen molar-refractivity contribution in [1.82, 2.24) is 29.2 Å². The molecule has 2 N–H and O–H groups in total. The molecular weight excluding hydrogens is 562 g/mol. The number of carbonyl (C=O) groups is 1. The SMILES string of the molecule is CCC(C)(C)OC(=O)N1CCCN(C2CC(c3nc(-c4ccc5ccc(-c6ccccc6)nc5c4)c4c(N)nccn34)C2)CC1. The van der Waals surface area contributed by atoms with E-state index in [0.717, 1.165) is 90.1 Å². The Morgan fingerprint density at radius 3 is 2.58 bits per heavy atom. The van der Waals surface area contributed by atoms with Gasteiger partial charge >= 0.3 is 6.09 Å². The van der Waals surface area contributed by atoms with E-state index in [1.54, 1.807) is 6.20 Å². The zero-order chi connectivity index (χ0) is 31.1. The van der Waals surface area contributed by atoms with Gasteiger partial charge in [-0.1, -0.05) is 55.5 Å². The third-order valence-electron chi connectivity index (χ3n) is 9.64. The Bertz CT molecular complexity index is 1850. The predicted octanol–water partition coefficient (Wildman–Crippen LogP) is 6.77. The smallest absolute Gasteiger partial charge is 0.410 e. The minimum absolute atomic E-state index is 0.196. The number of nitrogen functional groups attached to an aromatic ring is 1. The molecule has 1 aliphatic heterocycles. The zero-order valence-electron chi connectivity index (χ0n) is 26.3. The van der Waals surface area contributed by atoms with E-state index in [4.69, 9.17) is 20.4 Å². The molecule has 0 radical (unpaired) electrons. The van der Waals surface area contributed by atoms with Crippen LogP contribution in [0.25, 0.3) is 38.9 Å². The first-order valence-corrected chi connectivity index (χ1v) is 16.1. The van der Waals surface area contributed by atoms with E-state index in [9.17, 15) is 4.79 Å². The number of rotatable bonds is 6. The molecule has 7 rings (SSSR count). The molecule has 2 fully saturated rings. The van der Waals surface area contributed by atoms with Crippen molar-refractivity contribution in [2.75, 3.05) is 31.9 Å². The first-order valence-electron chi connectivity index (χ1n) is 16.1. The van der Waals surface area contributed by atoms with Gasteiger partial charge in [0.15, 0.2) is 0 Å². The number of imidazole rings is 1. The Labute approximate surface area is 264 Å². The van der Waals surface area contributed by atoms with Crippen molar-refractivity contribution in [2.45, 2.75) is 64.0 Å².